The van der Waals surface area contributed by atoms with Gasteiger partial charge < -0.3 is 4.74 Å². The van der Waals surface area contributed by atoms with E-state index in [1.54, 1.807) is 6.07 Å². The molecule has 0 heterocycles. The van der Waals surface area contributed by atoms with E-state index in [1.165, 1.54) is 0 Å². The fourth-order valence-electron chi connectivity index (χ4n) is 1.33. The summed E-state index contributed by atoms with van der Waals surface area (Å²) in [5, 5.41) is 0. The Kier molecular flexibility index (Phi) is 3.65. The summed E-state index contributed by atoms with van der Waals surface area (Å²) in [5.41, 5.74) is 1.67. The first-order valence-corrected chi connectivity index (χ1v) is 4.45. The topological polar surface area (TPSA) is 26.3 Å². The van der Waals surface area contributed by atoms with Crippen LogP contribution in [-0.2, 0) is 4.74 Å². The van der Waals surface area contributed by atoms with E-state index in [0.717, 1.165) is 11.8 Å². The highest BCUT2D eigenvalue weighted by Crippen LogP contribution is 2.19. The summed E-state index contributed by atoms with van der Waals surface area (Å²) in [6.45, 7) is 4.56. The van der Waals surface area contributed by atoms with E-state index < -0.39 is 0 Å². The lowest BCUT2D eigenvalue weighted by Crippen LogP contribution is -2.02. The molecule has 0 saturated carbocycles. The van der Waals surface area contributed by atoms with Crippen LogP contribution in [0, 0.1) is 0 Å². The van der Waals surface area contributed by atoms with Crippen LogP contribution in [0.4, 0.5) is 0 Å². The highest BCUT2D eigenvalue weighted by molar-refractivity contribution is 5.77. The molecule has 1 aromatic carbocycles. The minimum Gasteiger partial charge on any atom is -0.374 e. The van der Waals surface area contributed by atoms with Gasteiger partial charge in [-0.05, 0) is 19.4 Å². The molecule has 1 unspecified atom stereocenters. The molecule has 0 aliphatic carbocycles. The third kappa shape index (κ3) is 2.39. The summed E-state index contributed by atoms with van der Waals surface area (Å²) in [4.78, 5) is 10.7. The molecule has 0 N–H and O–H groups in total. The van der Waals surface area contributed by atoms with Gasteiger partial charge in [0.05, 0.1) is 6.10 Å². The molecule has 0 aliphatic heterocycles. The number of hydrogen-bond donors (Lipinski definition) is 0. The van der Waals surface area contributed by atoms with Crippen molar-refractivity contribution < 1.29 is 9.53 Å². The molecule has 0 fully saturated rings. The Balaban J connectivity index is 2.91. The number of benzene rings is 1. The molecule has 0 spiro atoms. The van der Waals surface area contributed by atoms with Crippen LogP contribution in [0.15, 0.2) is 24.3 Å². The largest absolute Gasteiger partial charge is 0.374 e. The summed E-state index contributed by atoms with van der Waals surface area (Å²) in [6.07, 6.45) is 0.858. The SMILES string of the molecule is CCOC(C)c1ccccc1C=O. The van der Waals surface area contributed by atoms with Crippen LogP contribution in [0.2, 0.25) is 0 Å². The Morgan fingerprint density at radius 2 is 2.15 bits per heavy atom. The minimum absolute atomic E-state index is 0.00796. The van der Waals surface area contributed by atoms with Gasteiger partial charge in [0, 0.05) is 12.2 Å². The summed E-state index contributed by atoms with van der Waals surface area (Å²) >= 11 is 0. The molecule has 70 valence electrons. The summed E-state index contributed by atoms with van der Waals surface area (Å²) < 4.78 is 5.41. The molecule has 2 heteroatoms. The standard InChI is InChI=1S/C11H14O2/c1-3-13-9(2)11-7-5-4-6-10(11)8-12/h4-9H,3H2,1-2H3. The van der Waals surface area contributed by atoms with Crippen molar-refractivity contribution in [1.29, 1.82) is 0 Å². The first-order valence-electron chi connectivity index (χ1n) is 4.45. The zero-order chi connectivity index (χ0) is 9.68. The normalized spacial score (nSPS) is 12.5. The molecule has 0 bridgehead atoms. The average Bonchev–Trinajstić information content (AvgIpc) is 2.18. The van der Waals surface area contributed by atoms with Crippen molar-refractivity contribution in [3.05, 3.63) is 35.4 Å². The van der Waals surface area contributed by atoms with Gasteiger partial charge in [-0.1, -0.05) is 24.3 Å². The lowest BCUT2D eigenvalue weighted by molar-refractivity contribution is 0.0753. The molecule has 0 aromatic heterocycles. The van der Waals surface area contributed by atoms with Gasteiger partial charge in [0.1, 0.15) is 6.29 Å². The third-order valence-electron chi connectivity index (χ3n) is 1.98. The Hall–Kier alpha value is -1.15. The van der Waals surface area contributed by atoms with E-state index in [4.69, 9.17) is 4.74 Å². The smallest absolute Gasteiger partial charge is 0.150 e. The van der Waals surface area contributed by atoms with Crippen LogP contribution in [0.3, 0.4) is 0 Å². The Bertz CT molecular complexity index is 281. The Morgan fingerprint density at radius 1 is 1.46 bits per heavy atom. The minimum atomic E-state index is -0.00796. The number of carbonyl (C=O) groups excluding carboxylic acids is 1. The van der Waals surface area contributed by atoms with E-state index in [2.05, 4.69) is 0 Å². The third-order valence-corrected chi connectivity index (χ3v) is 1.98. The van der Waals surface area contributed by atoms with Gasteiger partial charge in [0.25, 0.3) is 0 Å². The monoisotopic (exact) mass is 178 g/mol. The van der Waals surface area contributed by atoms with Gasteiger partial charge in [-0.25, -0.2) is 0 Å². The summed E-state index contributed by atoms with van der Waals surface area (Å²) in [6, 6.07) is 7.49. The Morgan fingerprint density at radius 3 is 2.77 bits per heavy atom. The van der Waals surface area contributed by atoms with Crippen LogP contribution < -0.4 is 0 Å². The Labute approximate surface area is 78.5 Å². The second kappa shape index (κ2) is 4.77. The molecule has 1 atom stereocenters. The van der Waals surface area contributed by atoms with E-state index >= 15 is 0 Å². The molecule has 1 rings (SSSR count). The van der Waals surface area contributed by atoms with E-state index in [0.29, 0.717) is 12.2 Å². The molecular formula is C11H14O2. The maximum Gasteiger partial charge on any atom is 0.150 e. The number of hydrogen-bond acceptors (Lipinski definition) is 2. The highest BCUT2D eigenvalue weighted by atomic mass is 16.5. The van der Waals surface area contributed by atoms with Crippen molar-refractivity contribution in [3.63, 3.8) is 0 Å². The number of rotatable bonds is 4. The van der Waals surface area contributed by atoms with Crippen molar-refractivity contribution in [2.45, 2.75) is 20.0 Å². The van der Waals surface area contributed by atoms with Gasteiger partial charge in [0.2, 0.25) is 0 Å². The van der Waals surface area contributed by atoms with E-state index in [-0.39, 0.29) is 6.10 Å². The molecule has 0 aliphatic rings. The molecule has 0 radical (unpaired) electrons. The number of aldehydes is 1. The fourth-order valence-corrected chi connectivity index (χ4v) is 1.33. The maximum atomic E-state index is 10.7. The number of carbonyl (C=O) groups is 1. The van der Waals surface area contributed by atoms with Crippen LogP contribution in [0.5, 0.6) is 0 Å². The average molecular weight is 178 g/mol. The summed E-state index contributed by atoms with van der Waals surface area (Å²) in [5.74, 6) is 0. The highest BCUT2D eigenvalue weighted by Gasteiger charge is 2.08. The van der Waals surface area contributed by atoms with Crippen molar-refractivity contribution in [3.8, 4) is 0 Å². The second-order valence-corrected chi connectivity index (χ2v) is 2.84. The molecule has 1 aromatic rings. The molecule has 13 heavy (non-hydrogen) atoms. The molecule has 2 nitrogen and oxygen atoms in total. The van der Waals surface area contributed by atoms with E-state index in [1.807, 2.05) is 32.0 Å². The van der Waals surface area contributed by atoms with Gasteiger partial charge in [-0.15, -0.1) is 0 Å². The van der Waals surface area contributed by atoms with Gasteiger partial charge >= 0.3 is 0 Å². The quantitative estimate of drug-likeness (QED) is 0.662. The van der Waals surface area contributed by atoms with Crippen molar-refractivity contribution in [2.75, 3.05) is 6.61 Å². The summed E-state index contributed by atoms with van der Waals surface area (Å²) in [7, 11) is 0. The maximum absolute atomic E-state index is 10.7. The second-order valence-electron chi connectivity index (χ2n) is 2.84. The van der Waals surface area contributed by atoms with E-state index in [9.17, 15) is 4.79 Å². The zero-order valence-electron chi connectivity index (χ0n) is 7.99. The van der Waals surface area contributed by atoms with Crippen molar-refractivity contribution >= 4 is 6.29 Å². The fraction of sp³-hybridized carbons (Fsp3) is 0.364. The molecular weight excluding hydrogens is 164 g/mol. The predicted octanol–water partition coefficient (Wildman–Crippen LogP) is 2.60. The van der Waals surface area contributed by atoms with Crippen molar-refractivity contribution in [1.82, 2.24) is 0 Å². The lowest BCUT2D eigenvalue weighted by atomic mass is 10.0. The van der Waals surface area contributed by atoms with Gasteiger partial charge in [-0.2, -0.15) is 0 Å². The van der Waals surface area contributed by atoms with Gasteiger partial charge in [0.15, 0.2) is 0 Å². The molecule has 0 amide bonds. The van der Waals surface area contributed by atoms with Crippen molar-refractivity contribution in [2.24, 2.45) is 0 Å². The van der Waals surface area contributed by atoms with Crippen LogP contribution in [0.25, 0.3) is 0 Å². The lowest BCUT2D eigenvalue weighted by Gasteiger charge is -2.13. The predicted molar refractivity (Wildman–Crippen MR) is 51.9 cm³/mol. The zero-order valence-corrected chi connectivity index (χ0v) is 7.99. The first-order chi connectivity index (χ1) is 6.29. The molecule has 0 saturated heterocycles. The number of ether oxygens (including phenoxy) is 1. The van der Waals surface area contributed by atoms with Gasteiger partial charge in [-0.3, -0.25) is 4.79 Å². The van der Waals surface area contributed by atoms with Crippen LogP contribution in [-0.4, -0.2) is 12.9 Å². The first kappa shape index (κ1) is 9.93. The van der Waals surface area contributed by atoms with Crippen LogP contribution >= 0.6 is 0 Å². The van der Waals surface area contributed by atoms with Crippen LogP contribution in [0.1, 0.15) is 35.9 Å².